The quantitative estimate of drug-likeness (QED) is 0.256. The van der Waals surface area contributed by atoms with Crippen LogP contribution in [-0.4, -0.2) is 0 Å². The first kappa shape index (κ1) is 23.3. The molecule has 0 bridgehead atoms. The van der Waals surface area contributed by atoms with Gasteiger partial charge in [-0.05, 0) is 72.2 Å². The maximum Gasteiger partial charge on any atom is 0.146 e. The molecule has 33 heavy (non-hydrogen) atoms. The van der Waals surface area contributed by atoms with Gasteiger partial charge in [-0.15, -0.1) is 6.58 Å². The molecule has 0 atom stereocenters. The molecule has 0 heterocycles. The van der Waals surface area contributed by atoms with Crippen LogP contribution in [0.25, 0.3) is 10.8 Å². The smallest absolute Gasteiger partial charge is 0.146 e. The van der Waals surface area contributed by atoms with E-state index < -0.39 is 0 Å². The zero-order chi connectivity index (χ0) is 23.0. The van der Waals surface area contributed by atoms with Crippen molar-refractivity contribution in [3.63, 3.8) is 0 Å². The minimum atomic E-state index is -0.216. The highest BCUT2D eigenvalue weighted by atomic mass is 19.1. The Morgan fingerprint density at radius 1 is 0.879 bits per heavy atom. The van der Waals surface area contributed by atoms with Crippen LogP contribution in [0, 0.1) is 29.5 Å². The zero-order valence-corrected chi connectivity index (χ0v) is 19.9. The summed E-state index contributed by atoms with van der Waals surface area (Å²) in [5, 5.41) is 1.63. The van der Waals surface area contributed by atoms with E-state index in [0.29, 0.717) is 10.9 Å². The Kier molecular flexibility index (Phi) is 8.01. The first-order chi connectivity index (χ1) is 16.2. The van der Waals surface area contributed by atoms with Crippen molar-refractivity contribution in [3.8, 4) is 11.8 Å². The summed E-state index contributed by atoms with van der Waals surface area (Å²) in [5.74, 6) is 7.74. The molecule has 4 rings (SSSR count). The lowest BCUT2D eigenvalue weighted by atomic mass is 9.78. The average Bonchev–Trinajstić information content (AvgIpc) is 2.86. The van der Waals surface area contributed by atoms with Crippen molar-refractivity contribution in [2.24, 2.45) is 11.8 Å². The summed E-state index contributed by atoms with van der Waals surface area (Å²) in [6, 6.07) is 18.2. The predicted octanol–water partition coefficient (Wildman–Crippen LogP) is 8.65. The van der Waals surface area contributed by atoms with Crippen LogP contribution in [0.2, 0.25) is 0 Å². The molecule has 0 radical (unpaired) electrons. The van der Waals surface area contributed by atoms with Crippen LogP contribution in [0.4, 0.5) is 4.39 Å². The molecule has 3 aromatic rings. The van der Waals surface area contributed by atoms with Crippen LogP contribution in [0.3, 0.4) is 0 Å². The highest BCUT2D eigenvalue weighted by molar-refractivity contribution is 5.85. The number of hydrogen-bond donors (Lipinski definition) is 0. The number of hydrogen-bond acceptors (Lipinski definition) is 0. The molecule has 1 aliphatic rings. The van der Waals surface area contributed by atoms with Gasteiger partial charge >= 0.3 is 0 Å². The van der Waals surface area contributed by atoms with Gasteiger partial charge in [-0.1, -0.05) is 93.3 Å². The average molecular weight is 439 g/mol. The van der Waals surface area contributed by atoms with Crippen LogP contribution < -0.4 is 0 Å². The Bertz CT molecular complexity index is 1130. The van der Waals surface area contributed by atoms with Crippen LogP contribution in [-0.2, 0) is 12.8 Å². The minimum absolute atomic E-state index is 0.216. The van der Waals surface area contributed by atoms with E-state index in [1.54, 1.807) is 0 Å². The third-order valence-corrected chi connectivity index (χ3v) is 7.34. The van der Waals surface area contributed by atoms with E-state index in [1.165, 1.54) is 49.7 Å². The maximum absolute atomic E-state index is 15.1. The van der Waals surface area contributed by atoms with Crippen molar-refractivity contribution in [2.45, 2.75) is 64.7 Å². The molecule has 0 nitrogen and oxygen atoms in total. The van der Waals surface area contributed by atoms with Crippen LogP contribution in [0.1, 0.15) is 74.1 Å². The second-order valence-electron chi connectivity index (χ2n) is 9.59. The van der Waals surface area contributed by atoms with E-state index >= 15 is 4.39 Å². The van der Waals surface area contributed by atoms with Gasteiger partial charge in [0, 0.05) is 10.9 Å². The van der Waals surface area contributed by atoms with Crippen molar-refractivity contribution in [1.29, 1.82) is 0 Å². The molecule has 0 aromatic heterocycles. The van der Waals surface area contributed by atoms with Gasteiger partial charge in [-0.25, -0.2) is 4.39 Å². The molecule has 1 heteroatoms. The largest absolute Gasteiger partial charge is 0.205 e. The molecule has 0 amide bonds. The first-order valence-electron chi connectivity index (χ1n) is 12.6. The Morgan fingerprint density at radius 3 is 2.33 bits per heavy atom. The fraction of sp³-hybridized carbons (Fsp3) is 0.375. The van der Waals surface area contributed by atoms with E-state index in [9.17, 15) is 0 Å². The Balaban J connectivity index is 1.42. The number of allylic oxidation sites excluding steroid dienone is 1. The second kappa shape index (κ2) is 11.3. The minimum Gasteiger partial charge on any atom is -0.205 e. The lowest BCUT2D eigenvalue weighted by molar-refractivity contribution is 0.259. The standard InChI is InChI=1S/C32H35F/c1-3-5-6-25-11-13-27(14-12-25)17-19-29-20-21-30-23-28(18-22-31(30)32(29)33)16-15-26-9-7-24(4-2)8-10-26/h3,11-14,18,20-24,26H,1,4-10,15-16H2,2H3. The van der Waals surface area contributed by atoms with Gasteiger partial charge in [0.1, 0.15) is 5.82 Å². The number of fused-ring (bicyclic) bond motifs is 1. The molecule has 0 spiro atoms. The normalized spacial score (nSPS) is 18.0. The van der Waals surface area contributed by atoms with Crippen molar-refractivity contribution in [2.75, 3.05) is 0 Å². The van der Waals surface area contributed by atoms with E-state index in [-0.39, 0.29) is 5.82 Å². The molecule has 0 unspecified atom stereocenters. The lowest BCUT2D eigenvalue weighted by Crippen LogP contribution is -2.14. The molecule has 1 fully saturated rings. The Morgan fingerprint density at radius 2 is 1.61 bits per heavy atom. The number of aryl methyl sites for hydroxylation is 2. The molecule has 1 saturated carbocycles. The zero-order valence-electron chi connectivity index (χ0n) is 19.9. The van der Waals surface area contributed by atoms with E-state index in [2.05, 4.69) is 49.6 Å². The van der Waals surface area contributed by atoms with Gasteiger partial charge in [0.2, 0.25) is 0 Å². The SMILES string of the molecule is C=CCCc1ccc(C#Cc2ccc3cc(CCC4CCC(CC)CC4)ccc3c2F)cc1. The molecule has 1 aliphatic carbocycles. The third-order valence-electron chi connectivity index (χ3n) is 7.34. The summed E-state index contributed by atoms with van der Waals surface area (Å²) in [6.07, 6.45) is 13.1. The highest BCUT2D eigenvalue weighted by Crippen LogP contribution is 2.33. The summed E-state index contributed by atoms with van der Waals surface area (Å²) in [6.45, 7) is 6.08. The lowest BCUT2D eigenvalue weighted by Gasteiger charge is -2.27. The van der Waals surface area contributed by atoms with Gasteiger partial charge in [0.05, 0.1) is 5.56 Å². The topological polar surface area (TPSA) is 0 Å². The number of benzene rings is 3. The number of rotatable bonds is 7. The summed E-state index contributed by atoms with van der Waals surface area (Å²) < 4.78 is 15.1. The first-order valence-corrected chi connectivity index (χ1v) is 12.6. The maximum atomic E-state index is 15.1. The fourth-order valence-corrected chi connectivity index (χ4v) is 5.06. The predicted molar refractivity (Wildman–Crippen MR) is 139 cm³/mol. The van der Waals surface area contributed by atoms with Gasteiger partial charge in [-0.2, -0.15) is 0 Å². The number of halogens is 1. The fourth-order valence-electron chi connectivity index (χ4n) is 5.06. The highest BCUT2D eigenvalue weighted by Gasteiger charge is 2.19. The van der Waals surface area contributed by atoms with Gasteiger partial charge < -0.3 is 0 Å². The van der Waals surface area contributed by atoms with Crippen molar-refractivity contribution >= 4 is 10.8 Å². The summed E-state index contributed by atoms with van der Waals surface area (Å²) in [7, 11) is 0. The molecular weight excluding hydrogens is 403 g/mol. The van der Waals surface area contributed by atoms with Gasteiger partial charge in [0.15, 0.2) is 0 Å². The Hall–Kier alpha value is -2.85. The summed E-state index contributed by atoms with van der Waals surface area (Å²) in [5.41, 5.74) is 3.94. The summed E-state index contributed by atoms with van der Waals surface area (Å²) in [4.78, 5) is 0. The second-order valence-corrected chi connectivity index (χ2v) is 9.59. The molecule has 0 aliphatic heterocycles. The van der Waals surface area contributed by atoms with Crippen LogP contribution in [0.15, 0.2) is 67.3 Å². The van der Waals surface area contributed by atoms with E-state index in [1.807, 2.05) is 36.4 Å². The third kappa shape index (κ3) is 6.14. The summed E-state index contributed by atoms with van der Waals surface area (Å²) >= 11 is 0. The van der Waals surface area contributed by atoms with E-state index in [4.69, 9.17) is 0 Å². The van der Waals surface area contributed by atoms with Gasteiger partial charge in [0.25, 0.3) is 0 Å². The molecular formula is C32H35F. The molecule has 3 aromatic carbocycles. The molecule has 0 N–H and O–H groups in total. The van der Waals surface area contributed by atoms with Crippen LogP contribution >= 0.6 is 0 Å². The van der Waals surface area contributed by atoms with E-state index in [0.717, 1.165) is 42.0 Å². The van der Waals surface area contributed by atoms with Gasteiger partial charge in [-0.3, -0.25) is 0 Å². The monoisotopic (exact) mass is 438 g/mol. The molecule has 170 valence electrons. The van der Waals surface area contributed by atoms with Crippen LogP contribution in [0.5, 0.6) is 0 Å². The Labute approximate surface area is 198 Å². The molecule has 0 saturated heterocycles. The van der Waals surface area contributed by atoms with Crippen molar-refractivity contribution in [1.82, 2.24) is 0 Å². The van der Waals surface area contributed by atoms with Crippen molar-refractivity contribution in [3.05, 3.63) is 95.3 Å². The van der Waals surface area contributed by atoms with Crippen molar-refractivity contribution < 1.29 is 4.39 Å².